The van der Waals surface area contributed by atoms with Crippen LogP contribution in [-0.4, -0.2) is 6.54 Å². The molecule has 0 spiro atoms. The fourth-order valence-electron chi connectivity index (χ4n) is 2.53. The van der Waals surface area contributed by atoms with E-state index in [1.807, 2.05) is 39.0 Å². The Hall–Kier alpha value is -1.61. The van der Waals surface area contributed by atoms with Gasteiger partial charge in [-0.3, -0.25) is 0 Å². The topological polar surface area (TPSA) is 25.2 Å². The van der Waals surface area contributed by atoms with Gasteiger partial charge in [0.1, 0.15) is 17.3 Å². The predicted octanol–water partition coefficient (Wildman–Crippen LogP) is 4.43. The van der Waals surface area contributed by atoms with E-state index in [1.165, 1.54) is 0 Å². The van der Waals surface area contributed by atoms with Gasteiger partial charge in [0, 0.05) is 5.56 Å². The molecular weight excluding hydrogens is 253 g/mol. The maximum atomic E-state index is 14.4. The third-order valence-corrected chi connectivity index (χ3v) is 3.41. The normalized spacial score (nSPS) is 12.7. The van der Waals surface area contributed by atoms with Crippen LogP contribution in [0, 0.1) is 26.6 Å². The van der Waals surface area contributed by atoms with E-state index in [2.05, 4.69) is 12.2 Å². The Kier molecular flexibility index (Phi) is 4.61. The first-order valence-electron chi connectivity index (χ1n) is 7.09. The summed E-state index contributed by atoms with van der Waals surface area (Å²) >= 11 is 0. The quantitative estimate of drug-likeness (QED) is 0.873. The molecule has 2 nitrogen and oxygen atoms in total. The van der Waals surface area contributed by atoms with Crippen molar-refractivity contribution >= 4 is 0 Å². The maximum absolute atomic E-state index is 14.4. The summed E-state index contributed by atoms with van der Waals surface area (Å²) < 4.78 is 20.1. The highest BCUT2D eigenvalue weighted by Gasteiger charge is 2.22. The Morgan fingerprint density at radius 2 is 1.95 bits per heavy atom. The van der Waals surface area contributed by atoms with Gasteiger partial charge in [-0.15, -0.1) is 0 Å². The maximum Gasteiger partial charge on any atom is 0.128 e. The standard InChI is InChI=1S/C17H22FNO/c1-5-8-19-17(15-7-6-13(4)20-15)16-12(3)9-11(2)10-14(16)18/h6-7,9-10,17,19H,5,8H2,1-4H3. The molecule has 1 aromatic heterocycles. The molecule has 0 radical (unpaired) electrons. The monoisotopic (exact) mass is 275 g/mol. The lowest BCUT2D eigenvalue weighted by molar-refractivity contribution is 0.421. The van der Waals surface area contributed by atoms with Gasteiger partial charge < -0.3 is 9.73 Å². The first-order chi connectivity index (χ1) is 9.52. The number of benzene rings is 1. The van der Waals surface area contributed by atoms with Gasteiger partial charge in [0.05, 0.1) is 6.04 Å². The molecule has 3 heteroatoms. The van der Waals surface area contributed by atoms with Crippen LogP contribution in [0.4, 0.5) is 4.39 Å². The molecule has 0 saturated heterocycles. The Labute approximate surface area is 120 Å². The van der Waals surface area contributed by atoms with Crippen molar-refractivity contribution in [3.8, 4) is 0 Å². The molecule has 0 fully saturated rings. The highest BCUT2D eigenvalue weighted by atomic mass is 19.1. The first-order valence-corrected chi connectivity index (χ1v) is 7.09. The third kappa shape index (κ3) is 3.10. The SMILES string of the molecule is CCCNC(c1ccc(C)o1)c1c(C)cc(C)cc1F. The number of aryl methyl sites for hydroxylation is 3. The van der Waals surface area contributed by atoms with Gasteiger partial charge in [-0.25, -0.2) is 4.39 Å². The van der Waals surface area contributed by atoms with Crippen LogP contribution in [0.15, 0.2) is 28.7 Å². The van der Waals surface area contributed by atoms with Crippen LogP contribution in [0.2, 0.25) is 0 Å². The van der Waals surface area contributed by atoms with Gasteiger partial charge in [0.2, 0.25) is 0 Å². The molecule has 1 aromatic carbocycles. The van der Waals surface area contributed by atoms with Crippen LogP contribution in [0.25, 0.3) is 0 Å². The van der Waals surface area contributed by atoms with Crippen LogP contribution in [0.1, 0.15) is 47.6 Å². The summed E-state index contributed by atoms with van der Waals surface area (Å²) in [7, 11) is 0. The van der Waals surface area contributed by atoms with E-state index in [0.29, 0.717) is 5.56 Å². The molecule has 0 saturated carbocycles. The minimum Gasteiger partial charge on any atom is -0.464 e. The Bertz CT molecular complexity index is 565. The average Bonchev–Trinajstić information content (AvgIpc) is 2.78. The summed E-state index contributed by atoms with van der Waals surface area (Å²) in [5, 5.41) is 3.38. The van der Waals surface area contributed by atoms with Crippen LogP contribution < -0.4 is 5.32 Å². The van der Waals surface area contributed by atoms with Crippen LogP contribution in [0.5, 0.6) is 0 Å². The number of nitrogens with one attached hydrogen (secondary N) is 1. The number of rotatable bonds is 5. The molecule has 0 aliphatic heterocycles. The molecule has 2 rings (SSSR count). The van der Waals surface area contributed by atoms with Crippen molar-refractivity contribution in [2.75, 3.05) is 6.54 Å². The van der Waals surface area contributed by atoms with E-state index in [-0.39, 0.29) is 11.9 Å². The summed E-state index contributed by atoms with van der Waals surface area (Å²) in [6.07, 6.45) is 0.989. The molecule has 108 valence electrons. The average molecular weight is 275 g/mol. The second kappa shape index (κ2) is 6.23. The van der Waals surface area contributed by atoms with E-state index in [1.54, 1.807) is 6.07 Å². The van der Waals surface area contributed by atoms with Gasteiger partial charge in [-0.1, -0.05) is 13.0 Å². The highest BCUT2D eigenvalue weighted by molar-refractivity contribution is 5.38. The Morgan fingerprint density at radius 3 is 2.50 bits per heavy atom. The fourth-order valence-corrected chi connectivity index (χ4v) is 2.53. The van der Waals surface area contributed by atoms with Crippen LogP contribution in [-0.2, 0) is 0 Å². The van der Waals surface area contributed by atoms with E-state index in [9.17, 15) is 4.39 Å². The zero-order valence-electron chi connectivity index (χ0n) is 12.6. The van der Waals surface area contributed by atoms with Crippen molar-refractivity contribution in [2.24, 2.45) is 0 Å². The molecule has 2 aromatic rings. The minimum absolute atomic E-state index is 0.176. The van der Waals surface area contributed by atoms with Crippen molar-refractivity contribution in [1.82, 2.24) is 5.32 Å². The smallest absolute Gasteiger partial charge is 0.128 e. The summed E-state index contributed by atoms with van der Waals surface area (Å²) in [5.74, 6) is 1.43. The minimum atomic E-state index is -0.232. The summed E-state index contributed by atoms with van der Waals surface area (Å²) in [4.78, 5) is 0. The van der Waals surface area contributed by atoms with E-state index >= 15 is 0 Å². The third-order valence-electron chi connectivity index (χ3n) is 3.41. The zero-order chi connectivity index (χ0) is 14.7. The summed E-state index contributed by atoms with van der Waals surface area (Å²) in [5.41, 5.74) is 2.57. The predicted molar refractivity (Wildman–Crippen MR) is 79.5 cm³/mol. The largest absolute Gasteiger partial charge is 0.464 e. The molecule has 20 heavy (non-hydrogen) atoms. The molecule has 1 unspecified atom stereocenters. The van der Waals surface area contributed by atoms with Crippen LogP contribution in [0.3, 0.4) is 0 Å². The fraction of sp³-hybridized carbons (Fsp3) is 0.412. The van der Waals surface area contributed by atoms with E-state index in [4.69, 9.17) is 4.42 Å². The van der Waals surface area contributed by atoms with Gasteiger partial charge in [-0.05, 0) is 63.1 Å². The van der Waals surface area contributed by atoms with Crippen molar-refractivity contribution in [1.29, 1.82) is 0 Å². The van der Waals surface area contributed by atoms with Crippen molar-refractivity contribution in [2.45, 2.75) is 40.2 Å². The lowest BCUT2D eigenvalue weighted by Crippen LogP contribution is -2.24. The van der Waals surface area contributed by atoms with Gasteiger partial charge in [0.25, 0.3) is 0 Å². The second-order valence-corrected chi connectivity index (χ2v) is 5.31. The second-order valence-electron chi connectivity index (χ2n) is 5.31. The first kappa shape index (κ1) is 14.8. The molecule has 0 bridgehead atoms. The van der Waals surface area contributed by atoms with Crippen molar-refractivity contribution in [3.63, 3.8) is 0 Å². The Balaban J connectivity index is 2.46. The summed E-state index contributed by atoms with van der Waals surface area (Å²) in [6.45, 7) is 8.67. The van der Waals surface area contributed by atoms with Crippen molar-refractivity contribution in [3.05, 3.63) is 58.3 Å². The lowest BCUT2D eigenvalue weighted by Gasteiger charge is -2.20. The van der Waals surface area contributed by atoms with Crippen molar-refractivity contribution < 1.29 is 8.81 Å². The molecule has 0 amide bonds. The molecule has 0 aliphatic carbocycles. The zero-order valence-corrected chi connectivity index (χ0v) is 12.6. The van der Waals surface area contributed by atoms with E-state index < -0.39 is 0 Å². The van der Waals surface area contributed by atoms with E-state index in [0.717, 1.165) is 35.6 Å². The number of furan rings is 1. The lowest BCUT2D eigenvalue weighted by atomic mass is 9.96. The molecular formula is C17H22FNO. The number of hydrogen-bond acceptors (Lipinski definition) is 2. The summed E-state index contributed by atoms with van der Waals surface area (Å²) in [6, 6.07) is 7.19. The number of halogens is 1. The molecule has 1 heterocycles. The highest BCUT2D eigenvalue weighted by Crippen LogP contribution is 2.29. The van der Waals surface area contributed by atoms with Gasteiger partial charge >= 0.3 is 0 Å². The van der Waals surface area contributed by atoms with Gasteiger partial charge in [-0.2, -0.15) is 0 Å². The molecule has 0 aliphatic rings. The molecule has 1 atom stereocenters. The molecule has 1 N–H and O–H groups in total. The Morgan fingerprint density at radius 1 is 1.20 bits per heavy atom. The number of hydrogen-bond donors (Lipinski definition) is 1. The van der Waals surface area contributed by atoms with Crippen LogP contribution >= 0.6 is 0 Å². The van der Waals surface area contributed by atoms with Gasteiger partial charge in [0.15, 0.2) is 0 Å².